The van der Waals surface area contributed by atoms with E-state index in [1.807, 2.05) is 32.9 Å². The molecular weight excluding hydrogens is 380 g/mol. The van der Waals surface area contributed by atoms with E-state index < -0.39 is 0 Å². The van der Waals surface area contributed by atoms with Crippen LogP contribution in [0.1, 0.15) is 84.6 Å². The van der Waals surface area contributed by atoms with Crippen LogP contribution in [0.4, 0.5) is 0 Å². The van der Waals surface area contributed by atoms with Crippen LogP contribution >= 0.6 is 0 Å². The van der Waals surface area contributed by atoms with Crippen molar-refractivity contribution >= 4 is 0 Å². The summed E-state index contributed by atoms with van der Waals surface area (Å²) in [5.41, 5.74) is 1.21. The third kappa shape index (κ3) is 30.5. The molecule has 0 heterocycles. The van der Waals surface area contributed by atoms with E-state index >= 15 is 0 Å². The molecule has 0 aromatic heterocycles. The summed E-state index contributed by atoms with van der Waals surface area (Å²) in [4.78, 5) is 3.80. The Balaban J connectivity index is -0.000000142. The van der Waals surface area contributed by atoms with Crippen LogP contribution in [0.3, 0.4) is 0 Å². The normalized spacial score (nSPS) is 8.81. The topological polar surface area (TPSA) is 101 Å². The molecule has 0 N–H and O–H groups in total. The van der Waals surface area contributed by atoms with Crippen molar-refractivity contribution in [3.8, 4) is 5.75 Å². The predicted molar refractivity (Wildman–Crippen MR) is 100 cm³/mol. The number of rotatable bonds is 8. The second kappa shape index (κ2) is 30.3. The van der Waals surface area contributed by atoms with Crippen LogP contribution in [0, 0.1) is 0 Å². The second-order valence-electron chi connectivity index (χ2n) is 5.98. The predicted octanol–water partition coefficient (Wildman–Crippen LogP) is 1.90. The van der Waals surface area contributed by atoms with Gasteiger partial charge in [0.15, 0.2) is 0 Å². The maximum Gasteiger partial charge on any atom is 4.00 e. The van der Waals surface area contributed by atoms with Gasteiger partial charge in [-0.1, -0.05) is 85.3 Å². The van der Waals surface area contributed by atoms with E-state index in [9.17, 15) is 20.6 Å². The minimum atomic E-state index is 0. The summed E-state index contributed by atoms with van der Waals surface area (Å²) in [6.45, 7) is 10.5. The van der Waals surface area contributed by atoms with Gasteiger partial charge in [0.25, 0.3) is 0 Å². The molecule has 0 spiro atoms. The Kier molecular flexibility index (Phi) is 38.3. The fourth-order valence-corrected chi connectivity index (χ4v) is 1.34. The molecule has 27 heavy (non-hydrogen) atoms. The molecule has 0 atom stereocenters. The van der Waals surface area contributed by atoms with Crippen molar-refractivity contribution in [2.24, 2.45) is 0 Å². The zero-order valence-corrected chi connectivity index (χ0v) is 19.4. The summed E-state index contributed by atoms with van der Waals surface area (Å²) in [6, 6.07) is 7.17. The third-order valence-electron chi connectivity index (χ3n) is 3.14. The van der Waals surface area contributed by atoms with Gasteiger partial charge < -0.3 is 25.5 Å². The van der Waals surface area contributed by atoms with E-state index in [-0.39, 0.29) is 41.5 Å². The Morgan fingerprint density at radius 3 is 1.22 bits per heavy atom. The Bertz CT molecular complexity index is 325. The largest absolute Gasteiger partial charge is 4.00 e. The zero-order chi connectivity index (χ0) is 20.6. The molecule has 5 nitrogen and oxygen atoms in total. The summed E-state index contributed by atoms with van der Waals surface area (Å²) >= 11 is 0. The molecule has 0 radical (unpaired) electrons. The van der Waals surface area contributed by atoms with Crippen LogP contribution < -0.4 is 25.5 Å². The summed E-state index contributed by atoms with van der Waals surface area (Å²) in [6.07, 6.45) is 5.59. The minimum absolute atomic E-state index is 0. The van der Waals surface area contributed by atoms with Gasteiger partial charge in [-0.15, -0.1) is 19.8 Å². The van der Waals surface area contributed by atoms with E-state index in [1.165, 1.54) is 5.56 Å². The van der Waals surface area contributed by atoms with Crippen molar-refractivity contribution in [1.29, 1.82) is 0 Å². The molecule has 0 fully saturated rings. The second-order valence-corrected chi connectivity index (χ2v) is 5.98. The van der Waals surface area contributed by atoms with Crippen LogP contribution in [0.15, 0.2) is 24.3 Å². The minimum Gasteiger partial charge on any atom is -0.854 e. The average Bonchev–Trinajstić information content (AvgIpc) is 2.65. The molecule has 1 aromatic rings. The summed E-state index contributed by atoms with van der Waals surface area (Å²) in [7, 11) is 0. The molecule has 0 aliphatic heterocycles. The molecule has 0 aliphatic carbocycles. The van der Waals surface area contributed by atoms with Crippen molar-refractivity contribution in [2.45, 2.75) is 79.1 Å². The van der Waals surface area contributed by atoms with Crippen LogP contribution in [0.5, 0.6) is 5.75 Å². The van der Waals surface area contributed by atoms with E-state index in [4.69, 9.17) is 0 Å². The Labute approximate surface area is 181 Å². The van der Waals surface area contributed by atoms with Crippen LogP contribution in [-0.4, -0.2) is 19.8 Å². The summed E-state index contributed by atoms with van der Waals surface area (Å²) < 4.78 is 0. The van der Waals surface area contributed by atoms with Gasteiger partial charge in [0.05, 0.1) is 0 Å². The SMILES string of the molecule is CC(C)c1ccc(O[O-])cc1.CCCC[O-].CCCC[O-].CCCC[O-].[Ti+4]. The van der Waals surface area contributed by atoms with E-state index in [1.54, 1.807) is 12.1 Å². The van der Waals surface area contributed by atoms with Crippen molar-refractivity contribution in [3.63, 3.8) is 0 Å². The maximum absolute atomic E-state index is 9.91. The van der Waals surface area contributed by atoms with Gasteiger partial charge in [-0.25, -0.2) is 0 Å². The molecular formula is C21H38O5Ti. The monoisotopic (exact) mass is 418 g/mol. The molecule has 0 saturated carbocycles. The number of hydrogen-bond acceptors (Lipinski definition) is 5. The fraction of sp³-hybridized carbons (Fsp3) is 0.714. The Hall–Kier alpha value is -0.426. The van der Waals surface area contributed by atoms with Crippen LogP contribution in [0.2, 0.25) is 0 Å². The standard InChI is InChI=1S/C9H12O2.3C4H9O.Ti/c1-7(2)8-3-5-9(11-10)6-4-8;3*1-2-3-4-5;/h3-7,10H,1-2H3;3*2-4H2,1H3;/q;3*-1;+4/p-1. The van der Waals surface area contributed by atoms with E-state index in [2.05, 4.69) is 18.7 Å². The smallest absolute Gasteiger partial charge is 0.854 e. The molecule has 6 heteroatoms. The molecule has 0 bridgehead atoms. The molecule has 0 amide bonds. The first-order valence-corrected chi connectivity index (χ1v) is 9.62. The van der Waals surface area contributed by atoms with Gasteiger partial charge in [-0.2, -0.15) is 0 Å². The average molecular weight is 418 g/mol. The number of hydrogen-bond donors (Lipinski definition) is 0. The van der Waals surface area contributed by atoms with Crippen molar-refractivity contribution < 1.29 is 47.2 Å². The van der Waals surface area contributed by atoms with Crippen molar-refractivity contribution in [3.05, 3.63) is 29.8 Å². The van der Waals surface area contributed by atoms with Gasteiger partial charge in [0.2, 0.25) is 0 Å². The fourth-order valence-electron chi connectivity index (χ4n) is 1.34. The Morgan fingerprint density at radius 2 is 1.07 bits per heavy atom. The van der Waals surface area contributed by atoms with Gasteiger partial charge in [0, 0.05) is 0 Å². The van der Waals surface area contributed by atoms with Gasteiger partial charge >= 0.3 is 21.7 Å². The quantitative estimate of drug-likeness (QED) is 0.365. The van der Waals surface area contributed by atoms with Crippen molar-refractivity contribution in [2.75, 3.05) is 19.8 Å². The molecule has 1 rings (SSSR count). The first-order valence-electron chi connectivity index (χ1n) is 9.62. The first-order chi connectivity index (χ1) is 12.5. The van der Waals surface area contributed by atoms with Crippen molar-refractivity contribution in [1.82, 2.24) is 0 Å². The molecule has 0 saturated heterocycles. The van der Waals surface area contributed by atoms with Gasteiger partial charge in [0.1, 0.15) is 5.75 Å². The summed E-state index contributed by atoms with van der Waals surface area (Å²) in [5, 5.41) is 38.5. The van der Waals surface area contributed by atoms with E-state index in [0.29, 0.717) is 11.7 Å². The molecule has 0 aliphatic rings. The third-order valence-corrected chi connectivity index (χ3v) is 3.14. The van der Waals surface area contributed by atoms with E-state index in [0.717, 1.165) is 38.5 Å². The first kappa shape index (κ1) is 34.1. The molecule has 0 unspecified atom stereocenters. The number of benzene rings is 1. The number of unbranched alkanes of at least 4 members (excludes halogenated alkanes) is 3. The summed E-state index contributed by atoms with van der Waals surface area (Å²) in [5.74, 6) is 0.866. The van der Waals surface area contributed by atoms with Gasteiger partial charge in [-0.3, -0.25) is 0 Å². The maximum atomic E-state index is 9.91. The van der Waals surface area contributed by atoms with Crippen LogP contribution in [0.25, 0.3) is 0 Å². The molecule has 1 aromatic carbocycles. The molecule has 156 valence electrons. The zero-order valence-electron chi connectivity index (χ0n) is 17.8. The Morgan fingerprint density at radius 1 is 0.741 bits per heavy atom. The van der Waals surface area contributed by atoms with Crippen LogP contribution in [-0.2, 0) is 21.7 Å². The van der Waals surface area contributed by atoms with Gasteiger partial charge in [-0.05, 0) is 23.6 Å².